The van der Waals surface area contributed by atoms with Crippen LogP contribution in [0.3, 0.4) is 0 Å². The predicted octanol–water partition coefficient (Wildman–Crippen LogP) is 5.48. The molecule has 0 radical (unpaired) electrons. The molecule has 4 nitrogen and oxygen atoms in total. The Labute approximate surface area is 156 Å². The zero-order valence-electron chi connectivity index (χ0n) is 10.7. The maximum atomic E-state index is 12.8. The Morgan fingerprint density at radius 3 is 1.58 bits per heavy atom. The van der Waals surface area contributed by atoms with Crippen molar-refractivity contribution in [3.05, 3.63) is 0 Å². The Morgan fingerprint density at radius 1 is 0.958 bits per heavy atom. The number of halogens is 12. The van der Waals surface area contributed by atoms with Gasteiger partial charge in [0.2, 0.25) is 0 Å². The van der Waals surface area contributed by atoms with Crippen LogP contribution in [0.15, 0.2) is 0 Å². The summed E-state index contributed by atoms with van der Waals surface area (Å²) in [5, 5.41) is 0. The van der Waals surface area contributed by atoms with Crippen LogP contribution >= 0.6 is 40.0 Å². The molecule has 0 spiro atoms. The van der Waals surface area contributed by atoms with Crippen molar-refractivity contribution in [1.29, 1.82) is 0 Å². The number of carbonyl (C=O) groups excluding carboxylic acids is 1. The van der Waals surface area contributed by atoms with Crippen LogP contribution in [0.2, 0.25) is 0 Å². The number of carbonyl (C=O) groups is 1. The van der Waals surface area contributed by atoms with Gasteiger partial charge in [0.05, 0.1) is 0 Å². The molecule has 0 fully saturated rings. The molecule has 24 heavy (non-hydrogen) atoms. The molecule has 0 amide bonds. The van der Waals surface area contributed by atoms with Crippen LogP contribution in [0.5, 0.6) is 0 Å². The third-order valence-corrected chi connectivity index (χ3v) is 1.30. The summed E-state index contributed by atoms with van der Waals surface area (Å²) in [7, 11) is 0.628. The van der Waals surface area contributed by atoms with Gasteiger partial charge in [-0.3, -0.25) is 0 Å². The molecule has 0 rings (SSSR count). The average Bonchev–Trinajstić information content (AvgIpc) is 2.33. The fourth-order valence-electron chi connectivity index (χ4n) is 0.568. The zero-order valence-corrected chi connectivity index (χ0v) is 16.4. The number of alkyl halides is 7. The van der Waals surface area contributed by atoms with Crippen LogP contribution in [0.25, 0.3) is 0 Å². The van der Waals surface area contributed by atoms with Gasteiger partial charge in [0, 0.05) is 0 Å². The van der Waals surface area contributed by atoms with Crippen LogP contribution in [0.4, 0.5) is 48.8 Å². The first kappa shape index (κ1) is 29.7. The predicted molar refractivity (Wildman–Crippen MR) is 70.6 cm³/mol. The quantitative estimate of drug-likeness (QED) is 0.126. The minimum atomic E-state index is -5.68. The first-order valence-corrected chi connectivity index (χ1v) is 13.7. The van der Waals surface area contributed by atoms with Gasteiger partial charge < -0.3 is 9.47 Å². The van der Waals surface area contributed by atoms with Gasteiger partial charge >= 0.3 is 73.9 Å². The van der Waals surface area contributed by atoms with Gasteiger partial charge in [-0.15, -0.1) is 8.78 Å². The van der Waals surface area contributed by atoms with Crippen LogP contribution in [-0.4, -0.2) is 44.5 Å². The van der Waals surface area contributed by atoms with E-state index in [0.29, 0.717) is 9.47 Å². The molecule has 0 saturated heterocycles. The Bertz CT molecular complexity index is 327. The van der Waals surface area contributed by atoms with Gasteiger partial charge in [-0.2, -0.15) is 35.7 Å². The molecular formula is C7H6F10I2O4V. The molecule has 0 aromatic heterocycles. The van der Waals surface area contributed by atoms with Crippen molar-refractivity contribution in [2.75, 3.05) is 20.0 Å². The van der Waals surface area contributed by atoms with E-state index in [0.717, 1.165) is 0 Å². The Morgan fingerprint density at radius 2 is 1.33 bits per heavy atom. The van der Waals surface area contributed by atoms with Gasteiger partial charge in [-0.1, -0.05) is 0 Å². The first-order chi connectivity index (χ1) is 10.7. The molecule has 0 heterocycles. The summed E-state index contributed by atoms with van der Waals surface area (Å²) in [4.78, 5) is 10.5. The summed E-state index contributed by atoms with van der Waals surface area (Å²) in [6.45, 7) is -5.78. The summed E-state index contributed by atoms with van der Waals surface area (Å²) in [5.41, 5.74) is 0. The molecule has 0 aromatic rings. The van der Waals surface area contributed by atoms with Crippen LogP contribution in [0.1, 0.15) is 0 Å². The Kier molecular flexibility index (Phi) is 18.5. The summed E-state index contributed by atoms with van der Waals surface area (Å²) < 4.78 is 121. The SMILES string of the molecule is FOCC(F)(OCOCC(F)(F)F)C(F)(F)F.O=C(F)F.[I][V][I]. The summed E-state index contributed by atoms with van der Waals surface area (Å²) in [6, 6.07) is 0. The third-order valence-electron chi connectivity index (χ3n) is 1.30. The Hall–Kier alpha value is 0.894. The fourth-order valence-corrected chi connectivity index (χ4v) is 0.568. The molecule has 147 valence electrons. The summed E-state index contributed by atoms with van der Waals surface area (Å²) in [6.07, 6.45) is -13.3. The number of hydrogen-bond donors (Lipinski definition) is 0. The molecule has 1 atom stereocenters. The number of ether oxygens (including phenoxy) is 2. The zero-order chi connectivity index (χ0) is 20.0. The molecule has 0 saturated carbocycles. The van der Waals surface area contributed by atoms with Crippen LogP contribution < -0.4 is 0 Å². The van der Waals surface area contributed by atoms with Crippen molar-refractivity contribution in [2.45, 2.75) is 18.2 Å². The third kappa shape index (κ3) is 20.9. The normalized spacial score (nSPS) is 13.7. The second-order valence-corrected chi connectivity index (χ2v) is 14.8. The minimum absolute atomic E-state index is 0.628. The van der Waals surface area contributed by atoms with Gasteiger partial charge in [0.15, 0.2) is 13.4 Å². The van der Waals surface area contributed by atoms with Crippen LogP contribution in [-0.2, 0) is 23.9 Å². The van der Waals surface area contributed by atoms with E-state index in [9.17, 15) is 44.0 Å². The molecule has 0 aliphatic rings. The van der Waals surface area contributed by atoms with Gasteiger partial charge in [-0.05, 0) is 4.53 Å². The summed E-state index contributed by atoms with van der Waals surface area (Å²) in [5.74, 6) is -4.58. The summed E-state index contributed by atoms with van der Waals surface area (Å²) >= 11 is 4.74. The average molecular weight is 649 g/mol. The van der Waals surface area contributed by atoms with E-state index in [1.807, 2.05) is 0 Å². The fraction of sp³-hybridized carbons (Fsp3) is 0.857. The second kappa shape index (κ2) is 15.0. The number of hydrogen-bond acceptors (Lipinski definition) is 4. The van der Waals surface area contributed by atoms with Crippen LogP contribution in [0, 0.1) is 0 Å². The Balaban J connectivity index is -0.000000531. The van der Waals surface area contributed by atoms with E-state index in [1.165, 1.54) is 0 Å². The van der Waals surface area contributed by atoms with E-state index >= 15 is 0 Å². The van der Waals surface area contributed by atoms with E-state index < -0.39 is 44.5 Å². The van der Waals surface area contributed by atoms with Gasteiger partial charge in [0.25, 0.3) is 0 Å². The molecule has 0 aliphatic heterocycles. The second-order valence-electron chi connectivity index (χ2n) is 3.00. The van der Waals surface area contributed by atoms with E-state index in [2.05, 4.69) is 54.4 Å². The molecule has 0 bridgehead atoms. The molecule has 0 aliphatic carbocycles. The van der Waals surface area contributed by atoms with Crippen molar-refractivity contribution < 1.29 is 72.7 Å². The van der Waals surface area contributed by atoms with Crippen molar-refractivity contribution in [3.63, 3.8) is 0 Å². The molecule has 0 N–H and O–H groups in total. The maximum absolute atomic E-state index is 12.8. The van der Waals surface area contributed by atoms with Crippen molar-refractivity contribution in [1.82, 2.24) is 0 Å². The van der Waals surface area contributed by atoms with Gasteiger partial charge in [-0.25, -0.2) is 4.79 Å². The molecule has 17 heteroatoms. The van der Waals surface area contributed by atoms with Gasteiger partial charge in [0.1, 0.15) is 6.61 Å². The first-order valence-electron chi connectivity index (χ1n) is 4.71. The van der Waals surface area contributed by atoms with Crippen molar-refractivity contribution >= 4 is 46.2 Å². The van der Waals surface area contributed by atoms with Crippen molar-refractivity contribution in [3.8, 4) is 0 Å². The molecular weight excluding hydrogens is 643 g/mol. The topological polar surface area (TPSA) is 44.8 Å². The molecule has 0 aromatic carbocycles. The monoisotopic (exact) mass is 649 g/mol. The standard InChI is InChI=1S/C6H6F8O3.CF2O.2HI.V/c7-4(1-17-14,6(11,12)13)16-3-15-2-5(8,9)10;2-1(3)4;;;/h1-3H2;;2*1H;/q;;;;+2/p-2. The van der Waals surface area contributed by atoms with E-state index in [-0.39, 0.29) is 0 Å². The van der Waals surface area contributed by atoms with E-state index in [1.54, 1.807) is 0 Å². The van der Waals surface area contributed by atoms with E-state index in [4.69, 9.17) is 4.79 Å². The molecule has 1 unspecified atom stereocenters. The number of rotatable bonds is 6. The van der Waals surface area contributed by atoms with Crippen molar-refractivity contribution in [2.24, 2.45) is 0 Å².